The summed E-state index contributed by atoms with van der Waals surface area (Å²) in [6.07, 6.45) is -0.109. The number of carbonyl (C=O) groups is 1. The van der Waals surface area contributed by atoms with Gasteiger partial charge in [0.25, 0.3) is 0 Å². The van der Waals surface area contributed by atoms with Gasteiger partial charge in [0.05, 0.1) is 17.2 Å². The van der Waals surface area contributed by atoms with E-state index in [-0.39, 0.29) is 11.8 Å². The number of aliphatic carboxylic acids is 1. The Morgan fingerprint density at radius 2 is 1.79 bits per heavy atom. The number of benzene rings is 2. The third kappa shape index (κ3) is 1.97. The molecule has 3 aromatic rings. The van der Waals surface area contributed by atoms with Gasteiger partial charge in [-0.15, -0.1) is 0 Å². The molecular formula is C15H10O4. The highest BCUT2D eigenvalue weighted by molar-refractivity contribution is 5.90. The van der Waals surface area contributed by atoms with Gasteiger partial charge in [-0.2, -0.15) is 0 Å². The Bertz CT molecular complexity index is 846. The molecule has 0 aliphatic carbocycles. The molecule has 0 amide bonds. The number of para-hydroxylation sites is 1. The average molecular weight is 254 g/mol. The highest BCUT2D eigenvalue weighted by atomic mass is 16.4. The lowest BCUT2D eigenvalue weighted by Gasteiger charge is -2.03. The van der Waals surface area contributed by atoms with Crippen molar-refractivity contribution in [3.8, 4) is 0 Å². The van der Waals surface area contributed by atoms with Gasteiger partial charge < -0.3 is 9.52 Å². The van der Waals surface area contributed by atoms with Crippen LogP contribution in [0.3, 0.4) is 0 Å². The zero-order chi connectivity index (χ0) is 13.4. The summed E-state index contributed by atoms with van der Waals surface area (Å²) in [4.78, 5) is 23.0. The number of carboxylic acids is 1. The molecule has 1 N–H and O–H groups in total. The van der Waals surface area contributed by atoms with Gasteiger partial charge in [0.1, 0.15) is 11.2 Å². The van der Waals surface area contributed by atoms with Gasteiger partial charge in [0, 0.05) is 0 Å². The number of carboxylic acid groups (broad SMARTS) is 1. The standard InChI is InChI=1S/C15H10O4/c16-14(17)8-9-5-6-13-11(7-9)15(18)10-3-1-2-4-12(10)19-13/h1-7H,8H2,(H,16,17). The van der Waals surface area contributed by atoms with Gasteiger partial charge in [-0.05, 0) is 29.8 Å². The van der Waals surface area contributed by atoms with Crippen LogP contribution in [-0.2, 0) is 11.2 Å². The summed E-state index contributed by atoms with van der Waals surface area (Å²) < 4.78 is 5.64. The zero-order valence-corrected chi connectivity index (χ0v) is 9.92. The Morgan fingerprint density at radius 3 is 2.58 bits per heavy atom. The molecule has 0 aliphatic heterocycles. The first kappa shape index (κ1) is 11.5. The van der Waals surface area contributed by atoms with Crippen molar-refractivity contribution in [2.24, 2.45) is 0 Å². The Hall–Kier alpha value is -2.62. The molecule has 3 rings (SSSR count). The van der Waals surface area contributed by atoms with Crippen molar-refractivity contribution in [3.05, 3.63) is 58.3 Å². The van der Waals surface area contributed by atoms with Gasteiger partial charge in [-0.3, -0.25) is 9.59 Å². The first-order valence-corrected chi connectivity index (χ1v) is 5.81. The number of hydrogen-bond acceptors (Lipinski definition) is 3. The molecule has 1 aromatic heterocycles. The topological polar surface area (TPSA) is 67.5 Å². The van der Waals surface area contributed by atoms with Crippen molar-refractivity contribution in [1.82, 2.24) is 0 Å². The number of rotatable bonds is 2. The Kier molecular flexibility index (Phi) is 2.56. The van der Waals surface area contributed by atoms with E-state index in [9.17, 15) is 9.59 Å². The molecule has 0 saturated heterocycles. The van der Waals surface area contributed by atoms with Crippen LogP contribution in [0.5, 0.6) is 0 Å². The van der Waals surface area contributed by atoms with Crippen LogP contribution in [0.4, 0.5) is 0 Å². The van der Waals surface area contributed by atoms with E-state index in [2.05, 4.69) is 0 Å². The van der Waals surface area contributed by atoms with Crippen LogP contribution < -0.4 is 5.43 Å². The average Bonchev–Trinajstić information content (AvgIpc) is 2.39. The lowest BCUT2D eigenvalue weighted by atomic mass is 10.1. The van der Waals surface area contributed by atoms with E-state index in [4.69, 9.17) is 9.52 Å². The molecule has 0 saturated carbocycles. The Morgan fingerprint density at radius 1 is 1.05 bits per heavy atom. The summed E-state index contributed by atoms with van der Waals surface area (Å²) in [6.45, 7) is 0. The molecule has 0 aliphatic rings. The van der Waals surface area contributed by atoms with Crippen molar-refractivity contribution < 1.29 is 14.3 Å². The molecule has 0 radical (unpaired) electrons. The van der Waals surface area contributed by atoms with E-state index in [1.165, 1.54) is 0 Å². The molecule has 0 bridgehead atoms. The van der Waals surface area contributed by atoms with Gasteiger partial charge in [-0.1, -0.05) is 18.2 Å². The summed E-state index contributed by atoms with van der Waals surface area (Å²) in [5.74, 6) is -0.926. The van der Waals surface area contributed by atoms with Gasteiger partial charge in [0.2, 0.25) is 5.43 Å². The molecule has 2 aromatic carbocycles. The van der Waals surface area contributed by atoms with E-state index < -0.39 is 5.97 Å². The minimum atomic E-state index is -0.926. The van der Waals surface area contributed by atoms with Crippen LogP contribution in [0.25, 0.3) is 21.9 Å². The molecule has 4 nitrogen and oxygen atoms in total. The Labute approximate surface area is 107 Å². The molecule has 19 heavy (non-hydrogen) atoms. The SMILES string of the molecule is O=C(O)Cc1ccc2oc3ccccc3c(=O)c2c1. The maximum absolute atomic E-state index is 12.3. The zero-order valence-electron chi connectivity index (χ0n) is 9.92. The normalized spacial score (nSPS) is 10.9. The third-order valence-electron chi connectivity index (χ3n) is 3.00. The summed E-state index contributed by atoms with van der Waals surface area (Å²) in [7, 11) is 0. The molecule has 94 valence electrons. The molecule has 4 heteroatoms. The van der Waals surface area contributed by atoms with E-state index in [0.29, 0.717) is 27.5 Å². The van der Waals surface area contributed by atoms with Gasteiger partial charge in [0.15, 0.2) is 0 Å². The van der Waals surface area contributed by atoms with Crippen LogP contribution in [0.1, 0.15) is 5.56 Å². The first-order valence-electron chi connectivity index (χ1n) is 5.81. The van der Waals surface area contributed by atoms with Crippen LogP contribution in [0, 0.1) is 0 Å². The minimum Gasteiger partial charge on any atom is -0.481 e. The predicted molar refractivity (Wildman–Crippen MR) is 71.3 cm³/mol. The van der Waals surface area contributed by atoms with E-state index in [1.54, 1.807) is 42.5 Å². The molecule has 0 unspecified atom stereocenters. The van der Waals surface area contributed by atoms with Crippen molar-refractivity contribution in [2.45, 2.75) is 6.42 Å². The fourth-order valence-corrected chi connectivity index (χ4v) is 2.13. The van der Waals surface area contributed by atoms with E-state index in [1.807, 2.05) is 0 Å². The summed E-state index contributed by atoms with van der Waals surface area (Å²) in [6, 6.07) is 11.9. The molecule has 0 spiro atoms. The van der Waals surface area contributed by atoms with Crippen molar-refractivity contribution in [2.75, 3.05) is 0 Å². The minimum absolute atomic E-state index is 0.109. The lowest BCUT2D eigenvalue weighted by Crippen LogP contribution is -2.04. The number of hydrogen-bond donors (Lipinski definition) is 1. The summed E-state index contributed by atoms with van der Waals surface area (Å²) in [5.41, 5.74) is 1.45. The van der Waals surface area contributed by atoms with Crippen molar-refractivity contribution in [3.63, 3.8) is 0 Å². The second kappa shape index (κ2) is 4.24. The fraction of sp³-hybridized carbons (Fsp3) is 0.0667. The third-order valence-corrected chi connectivity index (χ3v) is 3.00. The quantitative estimate of drug-likeness (QED) is 0.714. The molecule has 0 atom stereocenters. The van der Waals surface area contributed by atoms with Gasteiger partial charge >= 0.3 is 5.97 Å². The summed E-state index contributed by atoms with van der Waals surface area (Å²) >= 11 is 0. The monoisotopic (exact) mass is 254 g/mol. The molecule has 0 fully saturated rings. The number of fused-ring (bicyclic) bond motifs is 2. The predicted octanol–water partition coefficient (Wildman–Crippen LogP) is 2.57. The fourth-order valence-electron chi connectivity index (χ4n) is 2.13. The Balaban J connectivity index is 2.33. The highest BCUT2D eigenvalue weighted by Gasteiger charge is 2.09. The summed E-state index contributed by atoms with van der Waals surface area (Å²) in [5, 5.41) is 9.70. The maximum Gasteiger partial charge on any atom is 0.307 e. The van der Waals surface area contributed by atoms with Crippen molar-refractivity contribution >= 4 is 27.9 Å². The van der Waals surface area contributed by atoms with Crippen LogP contribution in [0.15, 0.2) is 51.7 Å². The van der Waals surface area contributed by atoms with Crippen LogP contribution in [-0.4, -0.2) is 11.1 Å². The van der Waals surface area contributed by atoms with E-state index >= 15 is 0 Å². The smallest absolute Gasteiger partial charge is 0.307 e. The van der Waals surface area contributed by atoms with E-state index in [0.717, 1.165) is 0 Å². The highest BCUT2D eigenvalue weighted by Crippen LogP contribution is 2.19. The largest absolute Gasteiger partial charge is 0.481 e. The second-order valence-corrected chi connectivity index (χ2v) is 4.33. The van der Waals surface area contributed by atoms with Crippen molar-refractivity contribution in [1.29, 1.82) is 0 Å². The van der Waals surface area contributed by atoms with Crippen LogP contribution in [0.2, 0.25) is 0 Å². The molecular weight excluding hydrogens is 244 g/mol. The second-order valence-electron chi connectivity index (χ2n) is 4.33. The van der Waals surface area contributed by atoms with Gasteiger partial charge in [-0.25, -0.2) is 0 Å². The van der Waals surface area contributed by atoms with Crippen LogP contribution >= 0.6 is 0 Å². The maximum atomic E-state index is 12.3. The lowest BCUT2D eigenvalue weighted by molar-refractivity contribution is -0.136. The first-order chi connectivity index (χ1) is 9.15. The molecule has 1 heterocycles.